The molecule has 148 valence electrons. The number of rotatable bonds is 7. The van der Waals surface area contributed by atoms with Gasteiger partial charge in [-0.3, -0.25) is 9.59 Å². The Balaban J connectivity index is 1.70. The molecule has 4 nitrogen and oxygen atoms in total. The Kier molecular flexibility index (Phi) is 6.80. The average Bonchev–Trinajstić information content (AvgIpc) is 2.78. The van der Waals surface area contributed by atoms with Gasteiger partial charge in [-0.2, -0.15) is 0 Å². The number of amides is 2. The highest BCUT2D eigenvalue weighted by Crippen LogP contribution is 2.17. The number of aryl methyl sites for hydroxylation is 1. The molecule has 0 aliphatic carbocycles. The number of nitrogens with zero attached hydrogens (tertiary/aromatic N) is 1. The Morgan fingerprint density at radius 2 is 1.41 bits per heavy atom. The number of hydrogen-bond acceptors (Lipinski definition) is 2. The molecule has 29 heavy (non-hydrogen) atoms. The first-order valence-corrected chi connectivity index (χ1v) is 9.95. The molecule has 0 aliphatic heterocycles. The van der Waals surface area contributed by atoms with Crippen LogP contribution in [0.1, 0.15) is 45.7 Å². The van der Waals surface area contributed by atoms with Gasteiger partial charge in [0.25, 0.3) is 11.8 Å². The zero-order chi connectivity index (χ0) is 20.6. The van der Waals surface area contributed by atoms with E-state index in [-0.39, 0.29) is 11.8 Å². The van der Waals surface area contributed by atoms with Crippen LogP contribution < -0.4 is 5.32 Å². The van der Waals surface area contributed by atoms with Gasteiger partial charge in [0.2, 0.25) is 0 Å². The molecule has 0 atom stereocenters. The second-order valence-corrected chi connectivity index (χ2v) is 6.85. The Morgan fingerprint density at radius 1 is 0.793 bits per heavy atom. The van der Waals surface area contributed by atoms with E-state index in [4.69, 9.17) is 0 Å². The monoisotopic (exact) mass is 386 g/mol. The van der Waals surface area contributed by atoms with E-state index in [1.54, 1.807) is 29.2 Å². The fraction of sp³-hybridized carbons (Fsp3) is 0.200. The summed E-state index contributed by atoms with van der Waals surface area (Å²) in [5.41, 5.74) is 4.10. The standard InChI is InChI=1S/C25H26N2O2/c1-3-20-12-8-9-13-23(20)26-24(28)21-14-16-22(17-15-21)25(29)27(4-2)18-19-10-6-5-7-11-19/h5-17H,3-4,18H2,1-2H3,(H,26,28). The SMILES string of the molecule is CCc1ccccc1NC(=O)c1ccc(C(=O)N(CC)Cc2ccccc2)cc1. The maximum Gasteiger partial charge on any atom is 0.255 e. The van der Waals surface area contributed by atoms with Gasteiger partial charge >= 0.3 is 0 Å². The maximum absolute atomic E-state index is 12.9. The summed E-state index contributed by atoms with van der Waals surface area (Å²) in [5, 5.41) is 2.96. The molecule has 0 aromatic heterocycles. The molecular formula is C25H26N2O2. The van der Waals surface area contributed by atoms with E-state index in [1.165, 1.54) is 0 Å². The van der Waals surface area contributed by atoms with Gasteiger partial charge in [-0.05, 0) is 54.8 Å². The molecule has 0 fully saturated rings. The Bertz CT molecular complexity index is 966. The van der Waals surface area contributed by atoms with Crippen molar-refractivity contribution in [3.05, 3.63) is 101 Å². The smallest absolute Gasteiger partial charge is 0.255 e. The average molecular weight is 386 g/mol. The van der Waals surface area contributed by atoms with Crippen molar-refractivity contribution in [3.8, 4) is 0 Å². The van der Waals surface area contributed by atoms with Crippen LogP contribution in [0, 0.1) is 0 Å². The van der Waals surface area contributed by atoms with Crippen molar-refractivity contribution in [3.63, 3.8) is 0 Å². The van der Waals surface area contributed by atoms with E-state index in [0.29, 0.717) is 24.2 Å². The largest absolute Gasteiger partial charge is 0.335 e. The van der Waals surface area contributed by atoms with Gasteiger partial charge < -0.3 is 10.2 Å². The van der Waals surface area contributed by atoms with E-state index in [0.717, 1.165) is 23.2 Å². The molecule has 2 amide bonds. The van der Waals surface area contributed by atoms with Gasteiger partial charge in [0.15, 0.2) is 0 Å². The summed E-state index contributed by atoms with van der Waals surface area (Å²) >= 11 is 0. The van der Waals surface area contributed by atoms with Crippen molar-refractivity contribution in [1.82, 2.24) is 4.90 Å². The minimum atomic E-state index is -0.179. The van der Waals surface area contributed by atoms with Gasteiger partial charge in [0.05, 0.1) is 0 Å². The van der Waals surface area contributed by atoms with Crippen LogP contribution in [0.25, 0.3) is 0 Å². The molecule has 3 aromatic rings. The fourth-order valence-corrected chi connectivity index (χ4v) is 3.22. The highest BCUT2D eigenvalue weighted by atomic mass is 16.2. The number of para-hydroxylation sites is 1. The highest BCUT2D eigenvalue weighted by Gasteiger charge is 2.16. The summed E-state index contributed by atoms with van der Waals surface area (Å²) in [4.78, 5) is 27.2. The van der Waals surface area contributed by atoms with Crippen LogP contribution in [0.4, 0.5) is 5.69 Å². The zero-order valence-electron chi connectivity index (χ0n) is 16.9. The molecule has 0 heterocycles. The predicted molar refractivity (Wildman–Crippen MR) is 117 cm³/mol. The number of carbonyl (C=O) groups excluding carboxylic acids is 2. The molecule has 0 bridgehead atoms. The van der Waals surface area contributed by atoms with Crippen LogP contribution >= 0.6 is 0 Å². The Morgan fingerprint density at radius 3 is 2.07 bits per heavy atom. The second-order valence-electron chi connectivity index (χ2n) is 6.85. The minimum Gasteiger partial charge on any atom is -0.335 e. The van der Waals surface area contributed by atoms with Crippen molar-refractivity contribution in [2.24, 2.45) is 0 Å². The third-order valence-corrected chi connectivity index (χ3v) is 4.93. The van der Waals surface area contributed by atoms with E-state index >= 15 is 0 Å². The van der Waals surface area contributed by atoms with Crippen molar-refractivity contribution < 1.29 is 9.59 Å². The lowest BCUT2D eigenvalue weighted by molar-refractivity contribution is 0.0752. The lowest BCUT2D eigenvalue weighted by Crippen LogP contribution is -2.30. The molecule has 1 N–H and O–H groups in total. The minimum absolute atomic E-state index is 0.0420. The van der Waals surface area contributed by atoms with Crippen LogP contribution in [0.15, 0.2) is 78.9 Å². The zero-order valence-corrected chi connectivity index (χ0v) is 16.9. The molecule has 0 saturated carbocycles. The normalized spacial score (nSPS) is 10.4. The quantitative estimate of drug-likeness (QED) is 0.609. The van der Waals surface area contributed by atoms with Crippen LogP contribution in [0.2, 0.25) is 0 Å². The topological polar surface area (TPSA) is 49.4 Å². The Hall–Kier alpha value is -3.40. The number of anilines is 1. The summed E-state index contributed by atoms with van der Waals surface area (Å²) in [6, 6.07) is 24.5. The third-order valence-electron chi connectivity index (χ3n) is 4.93. The van der Waals surface area contributed by atoms with E-state index in [2.05, 4.69) is 12.2 Å². The van der Waals surface area contributed by atoms with Crippen LogP contribution in [-0.2, 0) is 13.0 Å². The molecule has 0 saturated heterocycles. The molecule has 3 aromatic carbocycles. The summed E-state index contributed by atoms with van der Waals surface area (Å²) in [6.07, 6.45) is 0.845. The first-order chi connectivity index (χ1) is 14.1. The first-order valence-electron chi connectivity index (χ1n) is 9.95. The van der Waals surface area contributed by atoms with Crippen LogP contribution in [0.5, 0.6) is 0 Å². The Labute approximate surface area is 172 Å². The predicted octanol–water partition coefficient (Wildman–Crippen LogP) is 5.16. The summed E-state index contributed by atoms with van der Waals surface area (Å²) in [7, 11) is 0. The summed E-state index contributed by atoms with van der Waals surface area (Å²) < 4.78 is 0. The molecular weight excluding hydrogens is 360 g/mol. The van der Waals surface area contributed by atoms with Crippen LogP contribution in [-0.4, -0.2) is 23.3 Å². The van der Waals surface area contributed by atoms with Crippen molar-refractivity contribution in [1.29, 1.82) is 0 Å². The number of hydrogen-bond donors (Lipinski definition) is 1. The number of carbonyl (C=O) groups is 2. The lowest BCUT2D eigenvalue weighted by atomic mass is 10.1. The molecule has 0 spiro atoms. The lowest BCUT2D eigenvalue weighted by Gasteiger charge is -2.21. The number of nitrogens with one attached hydrogen (secondary N) is 1. The first kappa shape index (κ1) is 20.3. The molecule has 0 unspecified atom stereocenters. The summed E-state index contributed by atoms with van der Waals surface area (Å²) in [6.45, 7) is 5.20. The van der Waals surface area contributed by atoms with Crippen molar-refractivity contribution in [2.45, 2.75) is 26.8 Å². The van der Waals surface area contributed by atoms with E-state index < -0.39 is 0 Å². The van der Waals surface area contributed by atoms with Crippen LogP contribution in [0.3, 0.4) is 0 Å². The van der Waals surface area contributed by atoms with E-state index in [1.807, 2.05) is 61.5 Å². The second kappa shape index (κ2) is 9.69. The third kappa shape index (κ3) is 5.11. The van der Waals surface area contributed by atoms with Gasteiger partial charge in [-0.25, -0.2) is 0 Å². The van der Waals surface area contributed by atoms with Gasteiger partial charge in [-0.1, -0.05) is 55.5 Å². The number of benzene rings is 3. The molecule has 3 rings (SSSR count). The van der Waals surface area contributed by atoms with Crippen molar-refractivity contribution in [2.75, 3.05) is 11.9 Å². The maximum atomic E-state index is 12.9. The highest BCUT2D eigenvalue weighted by molar-refractivity contribution is 6.05. The van der Waals surface area contributed by atoms with Crippen molar-refractivity contribution >= 4 is 17.5 Å². The van der Waals surface area contributed by atoms with Gasteiger partial charge in [-0.15, -0.1) is 0 Å². The van der Waals surface area contributed by atoms with Gasteiger partial charge in [0.1, 0.15) is 0 Å². The molecule has 0 radical (unpaired) electrons. The fourth-order valence-electron chi connectivity index (χ4n) is 3.22. The molecule has 4 heteroatoms. The molecule has 0 aliphatic rings. The van der Waals surface area contributed by atoms with Gasteiger partial charge in [0, 0.05) is 29.9 Å². The van der Waals surface area contributed by atoms with E-state index in [9.17, 15) is 9.59 Å². The summed E-state index contributed by atoms with van der Waals surface area (Å²) in [5.74, 6) is -0.221.